The summed E-state index contributed by atoms with van der Waals surface area (Å²) < 4.78 is 12.5. The third kappa shape index (κ3) is 3.79. The van der Waals surface area contributed by atoms with E-state index in [0.717, 1.165) is 0 Å². The fourth-order valence-electron chi connectivity index (χ4n) is 3.50. The molecule has 0 aliphatic carbocycles. The minimum Gasteiger partial charge on any atom is -0.400 e. The number of benzene rings is 1. The van der Waals surface area contributed by atoms with E-state index >= 15 is 0 Å². The zero-order valence-corrected chi connectivity index (χ0v) is 18.9. The largest absolute Gasteiger partial charge is 0.486 e. The molecule has 24 heavy (non-hydrogen) atoms. The number of rotatable bonds is 4. The molecular weight excluding hydrogens is 327 g/mol. The highest BCUT2D eigenvalue weighted by atomic mass is 28.4. The van der Waals surface area contributed by atoms with E-state index in [-0.39, 0.29) is 18.3 Å². The quantitative estimate of drug-likeness (QED) is 0.732. The van der Waals surface area contributed by atoms with Gasteiger partial charge in [-0.2, -0.15) is 0 Å². The summed E-state index contributed by atoms with van der Waals surface area (Å²) in [5, 5.41) is 1.48. The predicted octanol–water partition coefficient (Wildman–Crippen LogP) is 4.58. The summed E-state index contributed by atoms with van der Waals surface area (Å²) in [4.78, 5) is 1.61. The van der Waals surface area contributed by atoms with Crippen molar-refractivity contribution in [2.24, 2.45) is 0 Å². The maximum Gasteiger partial charge on any atom is 0.486 e. The Balaban J connectivity index is 2.45. The second kappa shape index (κ2) is 6.27. The maximum atomic E-state index is 6.27. The highest BCUT2D eigenvalue weighted by Gasteiger charge is 2.51. The van der Waals surface area contributed by atoms with Crippen LogP contribution in [0.5, 0.6) is 0 Å². The summed E-state index contributed by atoms with van der Waals surface area (Å²) in [5.41, 5.74) is -0.561. The van der Waals surface area contributed by atoms with Crippen molar-refractivity contribution in [2.75, 3.05) is 0 Å². The standard InChI is InChI=1S/C19H33BO2Si2/c1-18(2)19(3,4)22-20(21-18)15-17(23(5,6)7)24(8,9)16-13-11-10-12-14-16/h10-15H,1-9H3/b17-15-. The lowest BCUT2D eigenvalue weighted by Crippen LogP contribution is -2.52. The topological polar surface area (TPSA) is 18.5 Å². The van der Waals surface area contributed by atoms with Crippen molar-refractivity contribution in [2.45, 2.75) is 71.6 Å². The van der Waals surface area contributed by atoms with Crippen LogP contribution in [0, 0.1) is 0 Å². The zero-order chi connectivity index (χ0) is 18.4. The van der Waals surface area contributed by atoms with Gasteiger partial charge in [0, 0.05) is 0 Å². The van der Waals surface area contributed by atoms with Crippen molar-refractivity contribution in [1.29, 1.82) is 0 Å². The van der Waals surface area contributed by atoms with Gasteiger partial charge in [0.2, 0.25) is 0 Å². The summed E-state index contributed by atoms with van der Waals surface area (Å²) in [6, 6.07) is 11.0. The summed E-state index contributed by atoms with van der Waals surface area (Å²) in [7, 11) is -3.49. The molecule has 1 aliphatic rings. The summed E-state index contributed by atoms with van der Waals surface area (Å²) in [6.45, 7) is 20.7. The van der Waals surface area contributed by atoms with Crippen LogP contribution in [0.15, 0.2) is 41.1 Å². The third-order valence-corrected chi connectivity index (χ3v) is 14.7. The molecule has 1 fully saturated rings. The van der Waals surface area contributed by atoms with Gasteiger partial charge < -0.3 is 9.31 Å². The maximum absolute atomic E-state index is 6.27. The van der Waals surface area contributed by atoms with Gasteiger partial charge in [-0.05, 0) is 27.7 Å². The van der Waals surface area contributed by atoms with Crippen molar-refractivity contribution in [3.63, 3.8) is 0 Å². The van der Waals surface area contributed by atoms with Gasteiger partial charge in [-0.3, -0.25) is 0 Å². The van der Waals surface area contributed by atoms with Gasteiger partial charge in [0.25, 0.3) is 0 Å². The van der Waals surface area contributed by atoms with E-state index in [1.54, 1.807) is 4.82 Å². The minimum absolute atomic E-state index is 0.243. The molecule has 0 spiro atoms. The molecule has 5 heteroatoms. The lowest BCUT2D eigenvalue weighted by molar-refractivity contribution is 0.00578. The third-order valence-electron chi connectivity index (χ3n) is 5.55. The van der Waals surface area contributed by atoms with E-state index in [1.165, 1.54) is 5.19 Å². The average Bonchev–Trinajstić information content (AvgIpc) is 2.64. The second-order valence-electron chi connectivity index (χ2n) is 9.45. The smallest absolute Gasteiger partial charge is 0.400 e. The Bertz CT molecular complexity index is 600. The van der Waals surface area contributed by atoms with Crippen LogP contribution in [0.4, 0.5) is 0 Å². The lowest BCUT2D eigenvalue weighted by Gasteiger charge is -2.35. The first-order valence-electron chi connectivity index (χ1n) is 8.91. The first-order chi connectivity index (χ1) is 10.8. The Morgan fingerprint density at radius 1 is 0.875 bits per heavy atom. The summed E-state index contributed by atoms with van der Waals surface area (Å²) >= 11 is 0. The van der Waals surface area contributed by atoms with Crippen LogP contribution in [0.2, 0.25) is 32.7 Å². The molecule has 0 radical (unpaired) electrons. The molecule has 0 aromatic heterocycles. The lowest BCUT2D eigenvalue weighted by atomic mass is 9.90. The molecule has 0 N–H and O–H groups in total. The second-order valence-corrected chi connectivity index (χ2v) is 19.4. The molecule has 1 heterocycles. The Labute approximate surface area is 150 Å². The van der Waals surface area contributed by atoms with E-state index < -0.39 is 16.1 Å². The number of hydrogen-bond donors (Lipinski definition) is 0. The van der Waals surface area contributed by atoms with E-state index in [9.17, 15) is 0 Å². The summed E-state index contributed by atoms with van der Waals surface area (Å²) in [6.07, 6.45) is 0. The minimum atomic E-state index is -1.74. The van der Waals surface area contributed by atoms with Crippen LogP contribution in [0.25, 0.3) is 0 Å². The first kappa shape index (κ1) is 19.7. The fourth-order valence-corrected chi connectivity index (χ4v) is 14.0. The van der Waals surface area contributed by atoms with Gasteiger partial charge in [0.1, 0.15) is 8.07 Å². The molecule has 0 bridgehead atoms. The Kier molecular flexibility index (Phi) is 5.15. The highest BCUT2D eigenvalue weighted by Crippen LogP contribution is 2.38. The average molecular weight is 360 g/mol. The molecule has 2 nitrogen and oxygen atoms in total. The van der Waals surface area contributed by atoms with Crippen LogP contribution in [0.3, 0.4) is 0 Å². The van der Waals surface area contributed by atoms with E-state index in [0.29, 0.717) is 0 Å². The number of hydrogen-bond acceptors (Lipinski definition) is 2. The molecule has 0 atom stereocenters. The molecular formula is C19H33BO2Si2. The highest BCUT2D eigenvalue weighted by molar-refractivity contribution is 7.11. The SMILES string of the molecule is CC1(C)OB(/C=C(/[Si](C)(C)C)[Si](C)(C)c2ccccc2)OC1(C)C. The summed E-state index contributed by atoms with van der Waals surface area (Å²) in [5.74, 6) is 2.32. The predicted molar refractivity (Wildman–Crippen MR) is 111 cm³/mol. The molecule has 132 valence electrons. The molecule has 0 saturated carbocycles. The van der Waals surface area contributed by atoms with Gasteiger partial charge >= 0.3 is 7.12 Å². The van der Waals surface area contributed by atoms with Crippen LogP contribution in [0.1, 0.15) is 27.7 Å². The van der Waals surface area contributed by atoms with Crippen LogP contribution in [-0.4, -0.2) is 34.5 Å². The van der Waals surface area contributed by atoms with Crippen LogP contribution in [-0.2, 0) is 9.31 Å². The van der Waals surface area contributed by atoms with E-state index in [1.807, 2.05) is 0 Å². The van der Waals surface area contributed by atoms with Crippen molar-refractivity contribution in [3.8, 4) is 0 Å². The molecule has 1 aromatic carbocycles. The molecule has 1 aromatic rings. The Morgan fingerprint density at radius 3 is 1.75 bits per heavy atom. The molecule has 0 amide bonds. The van der Waals surface area contributed by atoms with Gasteiger partial charge in [0.05, 0.1) is 19.3 Å². The molecule has 2 rings (SSSR count). The molecule has 1 aliphatic heterocycles. The van der Waals surface area contributed by atoms with Crippen molar-refractivity contribution in [3.05, 3.63) is 41.1 Å². The molecule has 1 saturated heterocycles. The van der Waals surface area contributed by atoms with Crippen LogP contribution < -0.4 is 5.19 Å². The van der Waals surface area contributed by atoms with Gasteiger partial charge in [-0.25, -0.2) is 0 Å². The Hall–Kier alpha value is -0.621. The first-order valence-corrected chi connectivity index (χ1v) is 15.4. The molecule has 0 unspecified atom stereocenters. The monoisotopic (exact) mass is 360 g/mol. The van der Waals surface area contributed by atoms with Crippen molar-refractivity contribution < 1.29 is 9.31 Å². The van der Waals surface area contributed by atoms with Crippen molar-refractivity contribution in [1.82, 2.24) is 0 Å². The van der Waals surface area contributed by atoms with Gasteiger partial charge in [-0.1, -0.05) is 79.0 Å². The van der Waals surface area contributed by atoms with E-state index in [4.69, 9.17) is 9.31 Å². The van der Waals surface area contributed by atoms with Gasteiger partial charge in [-0.15, -0.1) is 0 Å². The van der Waals surface area contributed by atoms with E-state index in [2.05, 4.69) is 96.7 Å². The fraction of sp³-hybridized carbons (Fsp3) is 0.579. The Morgan fingerprint density at radius 2 is 1.33 bits per heavy atom. The normalized spacial score (nSPS) is 21.2. The van der Waals surface area contributed by atoms with Crippen molar-refractivity contribution >= 4 is 28.5 Å². The van der Waals surface area contributed by atoms with Gasteiger partial charge in [0.15, 0.2) is 0 Å². The zero-order valence-electron chi connectivity index (χ0n) is 16.9. The van der Waals surface area contributed by atoms with Crippen LogP contribution >= 0.6 is 0 Å².